The van der Waals surface area contributed by atoms with Crippen LogP contribution in [0.25, 0.3) is 11.0 Å². The number of benzene rings is 1. The number of nitrogens with zero attached hydrogens (tertiary/aromatic N) is 1. The molecule has 6 nitrogen and oxygen atoms in total. The van der Waals surface area contributed by atoms with Gasteiger partial charge in [0.25, 0.3) is 5.91 Å². The van der Waals surface area contributed by atoms with Crippen molar-refractivity contribution in [2.45, 2.75) is 13.0 Å². The van der Waals surface area contributed by atoms with E-state index in [-0.39, 0.29) is 6.54 Å². The smallest absolute Gasteiger partial charge is 0.254 e. The number of aryl methyl sites for hydroxylation is 1. The molecular formula is C11H14N4O2. The van der Waals surface area contributed by atoms with Gasteiger partial charge >= 0.3 is 0 Å². The number of aromatic nitrogens is 2. The molecule has 1 aromatic heterocycles. The normalized spacial score (nSPS) is 12.6. The highest BCUT2D eigenvalue weighted by atomic mass is 16.3. The summed E-state index contributed by atoms with van der Waals surface area (Å²) in [7, 11) is 0. The average Bonchev–Trinajstić information content (AvgIpc) is 2.67. The largest absolute Gasteiger partial charge is 0.382 e. The summed E-state index contributed by atoms with van der Waals surface area (Å²) >= 11 is 0. The third kappa shape index (κ3) is 2.43. The van der Waals surface area contributed by atoms with Crippen LogP contribution in [0.15, 0.2) is 18.2 Å². The summed E-state index contributed by atoms with van der Waals surface area (Å²) in [4.78, 5) is 18.7. The van der Waals surface area contributed by atoms with Crippen molar-refractivity contribution in [2.75, 3.05) is 11.9 Å². The van der Waals surface area contributed by atoms with E-state index in [1.54, 1.807) is 18.2 Å². The molecule has 0 spiro atoms. The molecule has 90 valence electrons. The second-order valence-corrected chi connectivity index (χ2v) is 3.79. The number of amides is 1. The maximum atomic E-state index is 11.4. The Morgan fingerprint density at radius 3 is 3.12 bits per heavy atom. The number of nitrogens with one attached hydrogen (secondary N) is 2. The number of nitrogens with two attached hydrogens (primary N) is 1. The highest BCUT2D eigenvalue weighted by Gasteiger charge is 2.13. The van der Waals surface area contributed by atoms with E-state index in [1.165, 1.54) is 0 Å². The van der Waals surface area contributed by atoms with Crippen molar-refractivity contribution >= 4 is 22.6 Å². The number of carbonyl (C=O) groups excluding carboxylic acids is 1. The van der Waals surface area contributed by atoms with Crippen LogP contribution in [0.4, 0.5) is 5.69 Å². The number of fused-ring (bicyclic) bond motifs is 1. The van der Waals surface area contributed by atoms with Crippen LogP contribution in [-0.4, -0.2) is 33.6 Å². The first kappa shape index (κ1) is 11.6. The van der Waals surface area contributed by atoms with E-state index >= 15 is 0 Å². The predicted octanol–water partition coefficient (Wildman–Crippen LogP) is 0.129. The zero-order valence-corrected chi connectivity index (χ0v) is 9.40. The fourth-order valence-electron chi connectivity index (χ4n) is 1.55. The van der Waals surface area contributed by atoms with Gasteiger partial charge < -0.3 is 21.1 Å². The summed E-state index contributed by atoms with van der Waals surface area (Å²) < 4.78 is 0. The SMILES string of the molecule is Cc1nc2ccc(NC(=O)C(O)CN)cc2[nH]1. The molecule has 2 rings (SSSR count). The lowest BCUT2D eigenvalue weighted by Crippen LogP contribution is -2.34. The van der Waals surface area contributed by atoms with E-state index in [4.69, 9.17) is 5.73 Å². The summed E-state index contributed by atoms with van der Waals surface area (Å²) in [6, 6.07) is 5.28. The number of aliphatic hydroxyl groups is 1. The molecule has 1 heterocycles. The van der Waals surface area contributed by atoms with Crippen LogP contribution in [0, 0.1) is 6.92 Å². The highest BCUT2D eigenvalue weighted by Crippen LogP contribution is 2.17. The van der Waals surface area contributed by atoms with Crippen LogP contribution in [0.1, 0.15) is 5.82 Å². The average molecular weight is 234 g/mol. The second kappa shape index (κ2) is 4.52. The van der Waals surface area contributed by atoms with Crippen LogP contribution in [0.3, 0.4) is 0 Å². The van der Waals surface area contributed by atoms with Gasteiger partial charge in [-0.15, -0.1) is 0 Å². The number of hydrogen-bond donors (Lipinski definition) is 4. The number of imidazole rings is 1. The van der Waals surface area contributed by atoms with E-state index in [9.17, 15) is 9.90 Å². The second-order valence-electron chi connectivity index (χ2n) is 3.79. The van der Waals surface area contributed by atoms with Crippen LogP contribution >= 0.6 is 0 Å². The van der Waals surface area contributed by atoms with Crippen LogP contribution in [0.5, 0.6) is 0 Å². The first-order valence-electron chi connectivity index (χ1n) is 5.25. The Hall–Kier alpha value is -1.92. The van der Waals surface area contributed by atoms with Crippen molar-refractivity contribution in [3.05, 3.63) is 24.0 Å². The van der Waals surface area contributed by atoms with Gasteiger partial charge in [-0.3, -0.25) is 4.79 Å². The highest BCUT2D eigenvalue weighted by molar-refractivity contribution is 5.95. The Kier molecular flexibility index (Phi) is 3.08. The standard InChI is InChI=1S/C11H14N4O2/c1-6-13-8-3-2-7(4-9(8)14-6)15-11(17)10(16)5-12/h2-4,10,16H,5,12H2,1H3,(H,13,14)(H,15,17). The number of anilines is 1. The summed E-state index contributed by atoms with van der Waals surface area (Å²) in [6.45, 7) is 1.76. The van der Waals surface area contributed by atoms with E-state index in [2.05, 4.69) is 15.3 Å². The Labute approximate surface area is 97.8 Å². The Bertz CT molecular complexity index is 549. The predicted molar refractivity (Wildman–Crippen MR) is 64.5 cm³/mol. The molecule has 1 amide bonds. The summed E-state index contributed by atoms with van der Waals surface area (Å²) in [5.41, 5.74) is 7.46. The number of carbonyl (C=O) groups is 1. The third-order valence-electron chi connectivity index (χ3n) is 2.39. The lowest BCUT2D eigenvalue weighted by atomic mass is 10.2. The van der Waals surface area contributed by atoms with Crippen LogP contribution < -0.4 is 11.1 Å². The van der Waals surface area contributed by atoms with Gasteiger partial charge in [0.15, 0.2) is 0 Å². The number of H-pyrrole nitrogens is 1. The minimum atomic E-state index is -1.19. The van der Waals surface area contributed by atoms with Gasteiger partial charge in [-0.25, -0.2) is 4.98 Å². The molecule has 0 fully saturated rings. The van der Waals surface area contributed by atoms with Crippen LogP contribution in [-0.2, 0) is 4.79 Å². The van der Waals surface area contributed by atoms with Gasteiger partial charge in [-0.2, -0.15) is 0 Å². The molecule has 0 bridgehead atoms. The fourth-order valence-corrected chi connectivity index (χ4v) is 1.55. The molecule has 17 heavy (non-hydrogen) atoms. The quantitative estimate of drug-likeness (QED) is 0.606. The van der Waals surface area contributed by atoms with Crippen molar-refractivity contribution in [3.8, 4) is 0 Å². The molecule has 0 aliphatic carbocycles. The van der Waals surface area contributed by atoms with Gasteiger partial charge in [0.05, 0.1) is 11.0 Å². The van der Waals surface area contributed by atoms with E-state index < -0.39 is 12.0 Å². The lowest BCUT2D eigenvalue weighted by molar-refractivity contribution is -0.123. The van der Waals surface area contributed by atoms with Gasteiger partial charge in [0.1, 0.15) is 11.9 Å². The first-order chi connectivity index (χ1) is 8.10. The molecule has 2 aromatic rings. The molecule has 0 radical (unpaired) electrons. The van der Waals surface area contributed by atoms with Crippen LogP contribution in [0.2, 0.25) is 0 Å². The van der Waals surface area contributed by atoms with Crippen molar-refractivity contribution in [1.82, 2.24) is 9.97 Å². The molecule has 1 atom stereocenters. The number of aliphatic hydroxyl groups excluding tert-OH is 1. The van der Waals surface area contributed by atoms with Crippen molar-refractivity contribution < 1.29 is 9.90 Å². The van der Waals surface area contributed by atoms with Gasteiger partial charge in [0.2, 0.25) is 0 Å². The van der Waals surface area contributed by atoms with E-state index in [0.717, 1.165) is 16.9 Å². The maximum absolute atomic E-state index is 11.4. The van der Waals surface area contributed by atoms with E-state index in [0.29, 0.717) is 5.69 Å². The lowest BCUT2D eigenvalue weighted by Gasteiger charge is -2.08. The minimum Gasteiger partial charge on any atom is -0.382 e. The molecule has 0 aliphatic rings. The van der Waals surface area contributed by atoms with Crippen molar-refractivity contribution in [3.63, 3.8) is 0 Å². The minimum absolute atomic E-state index is 0.1000. The molecule has 5 N–H and O–H groups in total. The molecule has 0 aliphatic heterocycles. The fraction of sp³-hybridized carbons (Fsp3) is 0.273. The molecule has 1 unspecified atom stereocenters. The number of aromatic amines is 1. The Balaban J connectivity index is 2.22. The number of rotatable bonds is 3. The molecule has 6 heteroatoms. The molecule has 0 saturated carbocycles. The molecule has 1 aromatic carbocycles. The van der Waals surface area contributed by atoms with Gasteiger partial charge in [-0.05, 0) is 25.1 Å². The van der Waals surface area contributed by atoms with Gasteiger partial charge in [-0.1, -0.05) is 0 Å². The summed E-state index contributed by atoms with van der Waals surface area (Å²) in [5, 5.41) is 11.8. The first-order valence-corrected chi connectivity index (χ1v) is 5.25. The topological polar surface area (TPSA) is 104 Å². The van der Waals surface area contributed by atoms with Crippen molar-refractivity contribution in [1.29, 1.82) is 0 Å². The molecule has 0 saturated heterocycles. The monoisotopic (exact) mass is 234 g/mol. The van der Waals surface area contributed by atoms with Crippen molar-refractivity contribution in [2.24, 2.45) is 5.73 Å². The summed E-state index contributed by atoms with van der Waals surface area (Å²) in [6.07, 6.45) is -1.19. The Morgan fingerprint density at radius 2 is 2.41 bits per heavy atom. The summed E-state index contributed by atoms with van der Waals surface area (Å²) in [5.74, 6) is 0.300. The molecular weight excluding hydrogens is 220 g/mol. The van der Waals surface area contributed by atoms with Gasteiger partial charge in [0, 0.05) is 12.2 Å². The zero-order valence-electron chi connectivity index (χ0n) is 9.40. The Morgan fingerprint density at radius 1 is 1.65 bits per heavy atom. The maximum Gasteiger partial charge on any atom is 0.254 e. The third-order valence-corrected chi connectivity index (χ3v) is 2.39. The van der Waals surface area contributed by atoms with E-state index in [1.807, 2.05) is 6.92 Å². The zero-order chi connectivity index (χ0) is 12.4. The number of hydrogen-bond acceptors (Lipinski definition) is 4.